The summed E-state index contributed by atoms with van der Waals surface area (Å²) in [4.78, 5) is 0. The Balaban J connectivity index is -0.0000000165. The number of hydrogen-bond acceptors (Lipinski definition) is 0. The Morgan fingerprint density at radius 3 is 0.781 bits per heavy atom. The van der Waals surface area contributed by atoms with Crippen molar-refractivity contribution in [2.75, 3.05) is 0 Å². The van der Waals surface area contributed by atoms with Gasteiger partial charge >= 0.3 is 0 Å². The summed E-state index contributed by atoms with van der Waals surface area (Å²) in [6.07, 6.45) is 5.20. The van der Waals surface area contributed by atoms with Crippen molar-refractivity contribution in [3.05, 3.63) is 41.5 Å². The smallest absolute Gasteiger partial charge is 0 e. The SMILES string of the molecule is C.C.C.C.C.C.[CH2-]CC(C[CH2-])C(C)C.[CH2-]CC([CH2-])C(C)C.[CH2-]CCC([CH2-])C(C)C.[Y].[Y].[Y]. The molecule has 0 rings (SSSR count). The van der Waals surface area contributed by atoms with E-state index in [0.717, 1.165) is 49.9 Å². The fourth-order valence-electron chi connectivity index (χ4n) is 1.74. The standard InChI is InChI=1S/2C8H16.C7H14.6CH4.3Y/c1-5-6-8(4)7(2)3;1-5-8(6-2)7(3)4;1-5-7(4)6(2)3;;;;;;;;;/h7-8H,1,4-6H2,2-3H3;7-8H,1-2,5-6H2,3-4H3;6-7H,1,4-5H2,2-3H3;6*1H4;;;/q3*-2;;;;;;;;;. The Bertz CT molecular complexity index is 212. The van der Waals surface area contributed by atoms with Crippen molar-refractivity contribution in [3.63, 3.8) is 0 Å². The first-order chi connectivity index (χ1) is 10.6. The molecule has 0 saturated heterocycles. The number of rotatable bonds is 8. The van der Waals surface area contributed by atoms with E-state index in [1.54, 1.807) is 0 Å². The summed E-state index contributed by atoms with van der Waals surface area (Å²) in [5.41, 5.74) is 0. The van der Waals surface area contributed by atoms with Gasteiger partial charge in [0.05, 0.1) is 0 Å². The van der Waals surface area contributed by atoms with Crippen LogP contribution in [0.4, 0.5) is 0 Å². The van der Waals surface area contributed by atoms with Crippen LogP contribution in [0.15, 0.2) is 0 Å². The molecule has 0 fully saturated rings. The van der Waals surface area contributed by atoms with E-state index in [0.29, 0.717) is 17.8 Å². The second-order valence-corrected chi connectivity index (χ2v) is 7.52. The third-order valence-corrected chi connectivity index (χ3v) is 4.52. The molecule has 0 bridgehead atoms. The summed E-state index contributed by atoms with van der Waals surface area (Å²) < 4.78 is 0. The summed E-state index contributed by atoms with van der Waals surface area (Å²) in [5, 5.41) is 0. The Morgan fingerprint density at radius 1 is 0.469 bits per heavy atom. The van der Waals surface area contributed by atoms with Crippen LogP contribution in [0.1, 0.15) is 118 Å². The van der Waals surface area contributed by atoms with E-state index in [9.17, 15) is 0 Å². The van der Waals surface area contributed by atoms with E-state index in [-0.39, 0.29) is 143 Å². The second-order valence-electron chi connectivity index (χ2n) is 7.52. The van der Waals surface area contributed by atoms with Gasteiger partial charge in [0.1, 0.15) is 0 Å². The summed E-state index contributed by atoms with van der Waals surface area (Å²) >= 11 is 0. The molecule has 32 heavy (non-hydrogen) atoms. The molecule has 0 aromatic heterocycles. The molecule has 0 aliphatic carbocycles. The Labute approximate surface area is 289 Å². The molecule has 0 aromatic carbocycles. The molecule has 2 atom stereocenters. The van der Waals surface area contributed by atoms with E-state index >= 15 is 0 Å². The molecule has 0 aliphatic heterocycles. The zero-order valence-corrected chi connectivity index (χ0v) is 27.5. The van der Waals surface area contributed by atoms with E-state index in [4.69, 9.17) is 0 Å². The molecule has 0 amide bonds. The fraction of sp³-hybridized carbons (Fsp3) is 0.793. The van der Waals surface area contributed by atoms with Crippen LogP contribution in [0, 0.1) is 77.0 Å². The predicted molar refractivity (Wildman–Crippen MR) is 151 cm³/mol. The van der Waals surface area contributed by atoms with Gasteiger partial charge in [-0.15, -0.1) is 6.42 Å². The molecule has 0 aliphatic rings. The molecule has 0 heterocycles. The predicted octanol–water partition coefficient (Wildman–Crippen LogP) is 11.5. The molecule has 3 heteroatoms. The third-order valence-electron chi connectivity index (χ3n) is 4.52. The quantitative estimate of drug-likeness (QED) is 0.223. The van der Waals surface area contributed by atoms with Gasteiger partial charge in [-0.3, -0.25) is 0 Å². The minimum atomic E-state index is 0. The van der Waals surface area contributed by atoms with Crippen molar-refractivity contribution < 1.29 is 98.1 Å². The fourth-order valence-corrected chi connectivity index (χ4v) is 1.74. The van der Waals surface area contributed by atoms with Crippen molar-refractivity contribution in [2.24, 2.45) is 35.5 Å². The molecular formula is C29H70Y3-6. The van der Waals surface area contributed by atoms with Gasteiger partial charge in [-0.05, 0) is 5.92 Å². The number of hydrogen-bond donors (Lipinski definition) is 0. The van der Waals surface area contributed by atoms with Gasteiger partial charge in [-0.2, -0.15) is 31.1 Å². The molecule has 0 N–H and O–H groups in total. The van der Waals surface area contributed by atoms with Gasteiger partial charge in [0, 0.05) is 98.1 Å². The summed E-state index contributed by atoms with van der Waals surface area (Å²) in [5.74, 6) is 4.04. The topological polar surface area (TPSA) is 0 Å². The average molecular weight is 686 g/mol. The Kier molecular flexibility index (Phi) is 131. The first kappa shape index (κ1) is 76.5. The second kappa shape index (κ2) is 55.0. The van der Waals surface area contributed by atoms with E-state index < -0.39 is 0 Å². The van der Waals surface area contributed by atoms with Gasteiger partial charge in [-0.1, -0.05) is 104 Å². The molecule has 0 spiro atoms. The molecule has 3 radical (unpaired) electrons. The maximum Gasteiger partial charge on any atom is 0 e. The van der Waals surface area contributed by atoms with Crippen molar-refractivity contribution in [1.82, 2.24) is 0 Å². The average Bonchev–Trinajstić information content (AvgIpc) is 2.48. The molecule has 0 nitrogen and oxygen atoms in total. The van der Waals surface area contributed by atoms with Crippen LogP contribution >= 0.6 is 0 Å². The van der Waals surface area contributed by atoms with Gasteiger partial charge in [-0.25, -0.2) is 6.42 Å². The normalized spacial score (nSPS) is 9.75. The van der Waals surface area contributed by atoms with Crippen LogP contribution in [-0.2, 0) is 98.1 Å². The van der Waals surface area contributed by atoms with Crippen molar-refractivity contribution >= 4 is 0 Å². The van der Waals surface area contributed by atoms with Crippen molar-refractivity contribution in [3.8, 4) is 0 Å². The summed E-state index contributed by atoms with van der Waals surface area (Å²) in [6.45, 7) is 36.3. The minimum Gasteiger partial charge on any atom is -0.345 e. The van der Waals surface area contributed by atoms with Crippen LogP contribution in [0.5, 0.6) is 0 Å². The zero-order chi connectivity index (χ0) is 19.0. The van der Waals surface area contributed by atoms with E-state index in [1.165, 1.54) is 0 Å². The van der Waals surface area contributed by atoms with Gasteiger partial charge in [0.25, 0.3) is 0 Å². The first-order valence-corrected chi connectivity index (χ1v) is 9.41. The molecule has 201 valence electrons. The van der Waals surface area contributed by atoms with Crippen LogP contribution in [0.25, 0.3) is 0 Å². The monoisotopic (exact) mass is 685 g/mol. The molecule has 0 aromatic rings. The van der Waals surface area contributed by atoms with Crippen LogP contribution in [0.2, 0.25) is 0 Å². The first-order valence-electron chi connectivity index (χ1n) is 9.41. The molecule has 2 unspecified atom stereocenters. The minimum absolute atomic E-state index is 0. The van der Waals surface area contributed by atoms with E-state index in [2.05, 4.69) is 83.1 Å². The van der Waals surface area contributed by atoms with Crippen LogP contribution in [-0.4, -0.2) is 0 Å². The van der Waals surface area contributed by atoms with Crippen molar-refractivity contribution in [1.29, 1.82) is 0 Å². The van der Waals surface area contributed by atoms with Crippen LogP contribution in [0.3, 0.4) is 0 Å². The van der Waals surface area contributed by atoms with Gasteiger partial charge in [0.15, 0.2) is 0 Å². The largest absolute Gasteiger partial charge is 0.345 e. The van der Waals surface area contributed by atoms with Gasteiger partial charge < -0.3 is 41.5 Å². The maximum atomic E-state index is 3.99. The van der Waals surface area contributed by atoms with Gasteiger partial charge in [0.2, 0.25) is 0 Å². The summed E-state index contributed by atoms with van der Waals surface area (Å²) in [6, 6.07) is 0. The Hall–Kier alpha value is 3.31. The Morgan fingerprint density at radius 2 is 0.750 bits per heavy atom. The summed E-state index contributed by atoms with van der Waals surface area (Å²) in [7, 11) is 0. The van der Waals surface area contributed by atoms with E-state index in [1.807, 2.05) is 0 Å². The molecule has 0 saturated carbocycles. The zero-order valence-electron chi connectivity index (χ0n) is 19.0. The van der Waals surface area contributed by atoms with Crippen molar-refractivity contribution in [2.45, 2.75) is 118 Å². The molecular weight excluding hydrogens is 615 g/mol. The van der Waals surface area contributed by atoms with Crippen LogP contribution < -0.4 is 0 Å². The third kappa shape index (κ3) is 58.8. The maximum absolute atomic E-state index is 3.99.